The van der Waals surface area contributed by atoms with Crippen LogP contribution in [0.4, 0.5) is 0 Å². The van der Waals surface area contributed by atoms with Gasteiger partial charge in [0.2, 0.25) is 0 Å². The number of benzene rings is 1. The van der Waals surface area contributed by atoms with Gasteiger partial charge in [-0.1, -0.05) is 30.3 Å². The number of rotatable bonds is 3. The van der Waals surface area contributed by atoms with E-state index in [-0.39, 0.29) is 17.4 Å². The molecule has 0 unspecified atom stereocenters. The average Bonchev–Trinajstić information content (AvgIpc) is 2.38. The van der Waals surface area contributed by atoms with Crippen LogP contribution in [0.25, 0.3) is 0 Å². The summed E-state index contributed by atoms with van der Waals surface area (Å²) in [5.41, 5.74) is 1.04. The van der Waals surface area contributed by atoms with Gasteiger partial charge in [0.1, 0.15) is 5.75 Å². The minimum absolute atomic E-state index is 0.0448. The Hall–Kier alpha value is -2.36. The van der Waals surface area contributed by atoms with Gasteiger partial charge in [-0.2, -0.15) is 0 Å². The van der Waals surface area contributed by atoms with Crippen molar-refractivity contribution < 1.29 is 9.90 Å². The zero-order valence-electron chi connectivity index (χ0n) is 9.13. The molecular formula is C13H12N2O2. The second-order valence-corrected chi connectivity index (χ2v) is 3.54. The van der Waals surface area contributed by atoms with E-state index in [2.05, 4.69) is 10.3 Å². The molecule has 2 N–H and O–H groups in total. The van der Waals surface area contributed by atoms with Gasteiger partial charge in [0, 0.05) is 12.7 Å². The van der Waals surface area contributed by atoms with Crippen LogP contribution in [0.3, 0.4) is 0 Å². The highest BCUT2D eigenvalue weighted by Crippen LogP contribution is 2.12. The van der Waals surface area contributed by atoms with Crippen molar-refractivity contribution in [2.45, 2.75) is 6.54 Å². The summed E-state index contributed by atoms with van der Waals surface area (Å²) in [6.07, 6.45) is 1.47. The third-order valence-corrected chi connectivity index (χ3v) is 2.30. The smallest absolute Gasteiger partial charge is 0.273 e. The Morgan fingerprint density at radius 3 is 2.65 bits per heavy atom. The fraction of sp³-hybridized carbons (Fsp3) is 0.0769. The number of amides is 1. The summed E-state index contributed by atoms with van der Waals surface area (Å²) in [6.45, 7) is 0.412. The third kappa shape index (κ3) is 2.81. The Kier molecular flexibility index (Phi) is 3.35. The van der Waals surface area contributed by atoms with E-state index in [0.29, 0.717) is 6.54 Å². The van der Waals surface area contributed by atoms with Crippen LogP contribution in [-0.4, -0.2) is 16.0 Å². The molecule has 0 aliphatic rings. The minimum Gasteiger partial charge on any atom is -0.505 e. The fourth-order valence-corrected chi connectivity index (χ4v) is 1.43. The molecule has 0 fully saturated rings. The lowest BCUT2D eigenvalue weighted by Crippen LogP contribution is -2.23. The highest BCUT2D eigenvalue weighted by Gasteiger charge is 2.10. The quantitative estimate of drug-likeness (QED) is 0.840. The highest BCUT2D eigenvalue weighted by atomic mass is 16.3. The standard InChI is InChI=1S/C13H12N2O2/c16-11-7-4-8-14-12(11)13(17)15-9-10-5-2-1-3-6-10/h1-8,16H,9H2,(H,15,17). The number of pyridine rings is 1. The number of aromatic hydroxyl groups is 1. The molecule has 0 saturated heterocycles. The van der Waals surface area contributed by atoms with Crippen LogP contribution >= 0.6 is 0 Å². The lowest BCUT2D eigenvalue weighted by molar-refractivity contribution is 0.0943. The molecule has 0 aliphatic carbocycles. The molecule has 0 bridgehead atoms. The zero-order chi connectivity index (χ0) is 12.1. The maximum atomic E-state index is 11.7. The maximum absolute atomic E-state index is 11.7. The van der Waals surface area contributed by atoms with Crippen LogP contribution in [0.15, 0.2) is 48.7 Å². The molecule has 0 saturated carbocycles. The first-order valence-corrected chi connectivity index (χ1v) is 5.23. The molecule has 4 nitrogen and oxygen atoms in total. The van der Waals surface area contributed by atoms with E-state index >= 15 is 0 Å². The molecule has 4 heteroatoms. The van der Waals surface area contributed by atoms with E-state index in [1.54, 1.807) is 6.07 Å². The average molecular weight is 228 g/mol. The van der Waals surface area contributed by atoms with Crippen molar-refractivity contribution in [1.82, 2.24) is 10.3 Å². The van der Waals surface area contributed by atoms with Crippen molar-refractivity contribution in [1.29, 1.82) is 0 Å². The zero-order valence-corrected chi connectivity index (χ0v) is 9.13. The van der Waals surface area contributed by atoms with Gasteiger partial charge in [-0.05, 0) is 17.7 Å². The molecular weight excluding hydrogens is 216 g/mol. The van der Waals surface area contributed by atoms with Crippen LogP contribution < -0.4 is 5.32 Å². The number of nitrogens with zero attached hydrogens (tertiary/aromatic N) is 1. The molecule has 86 valence electrons. The second kappa shape index (κ2) is 5.12. The Morgan fingerprint density at radius 1 is 1.18 bits per heavy atom. The molecule has 2 aromatic rings. The van der Waals surface area contributed by atoms with E-state index in [1.165, 1.54) is 12.3 Å². The first-order valence-electron chi connectivity index (χ1n) is 5.23. The van der Waals surface area contributed by atoms with Crippen LogP contribution in [-0.2, 0) is 6.54 Å². The van der Waals surface area contributed by atoms with Crippen molar-refractivity contribution in [3.05, 3.63) is 59.9 Å². The summed E-state index contributed by atoms with van der Waals surface area (Å²) >= 11 is 0. The van der Waals surface area contributed by atoms with Gasteiger partial charge in [0.25, 0.3) is 5.91 Å². The topological polar surface area (TPSA) is 62.2 Å². The normalized spacial score (nSPS) is 9.88. The molecule has 1 aromatic carbocycles. The lowest BCUT2D eigenvalue weighted by Gasteiger charge is -2.05. The molecule has 0 radical (unpaired) electrons. The van der Waals surface area contributed by atoms with Crippen LogP contribution in [0.5, 0.6) is 5.75 Å². The predicted octanol–water partition coefficient (Wildman–Crippen LogP) is 1.72. The minimum atomic E-state index is -0.382. The number of carbonyl (C=O) groups excluding carboxylic acids is 1. The largest absolute Gasteiger partial charge is 0.505 e. The number of nitrogens with one attached hydrogen (secondary N) is 1. The van der Waals surface area contributed by atoms with Crippen LogP contribution in [0, 0.1) is 0 Å². The van der Waals surface area contributed by atoms with Gasteiger partial charge in [-0.3, -0.25) is 4.79 Å². The number of carbonyl (C=O) groups is 1. The summed E-state index contributed by atoms with van der Waals surface area (Å²) in [5.74, 6) is -0.495. The Labute approximate surface area is 98.9 Å². The van der Waals surface area contributed by atoms with E-state index in [1.807, 2.05) is 30.3 Å². The van der Waals surface area contributed by atoms with Crippen molar-refractivity contribution in [2.75, 3.05) is 0 Å². The van der Waals surface area contributed by atoms with E-state index in [4.69, 9.17) is 0 Å². The van der Waals surface area contributed by atoms with Crippen molar-refractivity contribution in [3.63, 3.8) is 0 Å². The first-order chi connectivity index (χ1) is 8.27. The van der Waals surface area contributed by atoms with Gasteiger partial charge < -0.3 is 10.4 Å². The predicted molar refractivity (Wildman–Crippen MR) is 63.5 cm³/mol. The maximum Gasteiger partial charge on any atom is 0.273 e. The van der Waals surface area contributed by atoms with Gasteiger partial charge >= 0.3 is 0 Å². The third-order valence-electron chi connectivity index (χ3n) is 2.30. The summed E-state index contributed by atoms with van der Waals surface area (Å²) in [6, 6.07) is 12.6. The lowest BCUT2D eigenvalue weighted by atomic mass is 10.2. The molecule has 0 spiro atoms. The molecule has 1 aromatic heterocycles. The van der Waals surface area contributed by atoms with E-state index < -0.39 is 0 Å². The molecule has 1 heterocycles. The van der Waals surface area contributed by atoms with Gasteiger partial charge in [-0.25, -0.2) is 4.98 Å². The van der Waals surface area contributed by atoms with Crippen LogP contribution in [0.2, 0.25) is 0 Å². The monoisotopic (exact) mass is 228 g/mol. The fourth-order valence-electron chi connectivity index (χ4n) is 1.43. The van der Waals surface area contributed by atoms with Gasteiger partial charge in [-0.15, -0.1) is 0 Å². The Bertz CT molecular complexity index is 512. The molecule has 2 rings (SSSR count). The summed E-state index contributed by atoms with van der Waals surface area (Å²) in [4.78, 5) is 15.5. The summed E-state index contributed by atoms with van der Waals surface area (Å²) < 4.78 is 0. The van der Waals surface area contributed by atoms with Crippen LogP contribution in [0.1, 0.15) is 16.1 Å². The molecule has 0 atom stereocenters. The van der Waals surface area contributed by atoms with Crippen molar-refractivity contribution in [3.8, 4) is 5.75 Å². The van der Waals surface area contributed by atoms with E-state index in [0.717, 1.165) is 5.56 Å². The summed E-state index contributed by atoms with van der Waals surface area (Å²) in [5, 5.41) is 12.1. The Balaban J connectivity index is 2.01. The molecule has 17 heavy (non-hydrogen) atoms. The summed E-state index contributed by atoms with van der Waals surface area (Å²) in [7, 11) is 0. The number of hydrogen-bond acceptors (Lipinski definition) is 3. The Morgan fingerprint density at radius 2 is 1.94 bits per heavy atom. The van der Waals surface area contributed by atoms with Crippen molar-refractivity contribution >= 4 is 5.91 Å². The molecule has 1 amide bonds. The molecule has 0 aliphatic heterocycles. The number of hydrogen-bond donors (Lipinski definition) is 2. The second-order valence-electron chi connectivity index (χ2n) is 3.54. The van der Waals surface area contributed by atoms with E-state index in [9.17, 15) is 9.90 Å². The van der Waals surface area contributed by atoms with Gasteiger partial charge in [0.05, 0.1) is 0 Å². The highest BCUT2D eigenvalue weighted by molar-refractivity contribution is 5.94. The van der Waals surface area contributed by atoms with Gasteiger partial charge in [0.15, 0.2) is 5.69 Å². The number of aromatic nitrogens is 1. The SMILES string of the molecule is O=C(NCc1ccccc1)c1ncccc1O. The van der Waals surface area contributed by atoms with Crippen molar-refractivity contribution in [2.24, 2.45) is 0 Å². The first kappa shape index (κ1) is 11.1.